The van der Waals surface area contributed by atoms with Crippen LogP contribution in [0.5, 0.6) is 5.75 Å². The van der Waals surface area contributed by atoms with Crippen LogP contribution in [0.3, 0.4) is 0 Å². The van der Waals surface area contributed by atoms with Gasteiger partial charge in [-0.3, -0.25) is 9.79 Å². The van der Waals surface area contributed by atoms with Crippen molar-refractivity contribution in [2.75, 3.05) is 18.2 Å². The Morgan fingerprint density at radius 3 is 2.28 bits per heavy atom. The van der Waals surface area contributed by atoms with Crippen LogP contribution in [0.1, 0.15) is 23.1 Å². The highest BCUT2D eigenvalue weighted by atomic mass is 32.2. The van der Waals surface area contributed by atoms with E-state index < -0.39 is 0 Å². The van der Waals surface area contributed by atoms with E-state index >= 15 is 0 Å². The van der Waals surface area contributed by atoms with Gasteiger partial charge in [-0.1, -0.05) is 18.2 Å². The average molecular weight is 444 g/mol. The first-order chi connectivity index (χ1) is 15.5. The molecule has 0 aliphatic carbocycles. The monoisotopic (exact) mass is 443 g/mol. The van der Waals surface area contributed by atoms with Crippen LogP contribution in [-0.2, 0) is 4.79 Å². The fourth-order valence-corrected chi connectivity index (χ4v) is 4.35. The van der Waals surface area contributed by atoms with Crippen molar-refractivity contribution in [3.63, 3.8) is 0 Å². The lowest BCUT2D eigenvalue weighted by atomic mass is 10.1. The minimum absolute atomic E-state index is 0.0526. The summed E-state index contributed by atoms with van der Waals surface area (Å²) in [4.78, 5) is 22.3. The number of anilines is 1. The van der Waals surface area contributed by atoms with Crippen LogP contribution in [0.4, 0.5) is 17.1 Å². The first-order valence-corrected chi connectivity index (χ1v) is 11.4. The van der Waals surface area contributed by atoms with E-state index in [2.05, 4.69) is 11.4 Å². The molecule has 0 unspecified atom stereocenters. The standard InChI is InChI=1S/C26H25N3O2S/c1-17-12-18(2)14-20(13-17)27-25(30)16-32-26-15-24(19-8-10-21(31-3)11-9-19)28-22-6-4-5-7-23(22)29-26/h4-14H,15-16H2,1-3H3,(H,27,30). The van der Waals surface area contributed by atoms with Crippen LogP contribution < -0.4 is 10.1 Å². The molecule has 6 heteroatoms. The predicted molar refractivity (Wildman–Crippen MR) is 134 cm³/mol. The number of benzene rings is 3. The third-order valence-electron chi connectivity index (χ3n) is 5.00. The summed E-state index contributed by atoms with van der Waals surface area (Å²) in [5, 5.41) is 3.86. The molecular weight excluding hydrogens is 418 g/mol. The molecular formula is C26H25N3O2S. The van der Waals surface area contributed by atoms with Crippen molar-refractivity contribution in [3.05, 3.63) is 83.4 Å². The number of thioether (sulfide) groups is 1. The molecule has 0 bridgehead atoms. The topological polar surface area (TPSA) is 63.1 Å². The van der Waals surface area contributed by atoms with Crippen LogP contribution >= 0.6 is 11.8 Å². The molecule has 0 radical (unpaired) electrons. The predicted octanol–water partition coefficient (Wildman–Crippen LogP) is 6.24. The number of hydrogen-bond acceptors (Lipinski definition) is 5. The van der Waals surface area contributed by atoms with Crippen molar-refractivity contribution in [1.82, 2.24) is 0 Å². The van der Waals surface area contributed by atoms with Crippen molar-refractivity contribution in [3.8, 4) is 5.75 Å². The van der Waals surface area contributed by atoms with Crippen LogP contribution in [0.15, 0.2) is 76.7 Å². The lowest BCUT2D eigenvalue weighted by Crippen LogP contribution is -2.16. The van der Waals surface area contributed by atoms with Crippen molar-refractivity contribution in [2.24, 2.45) is 9.98 Å². The van der Waals surface area contributed by atoms with Crippen LogP contribution in [-0.4, -0.2) is 29.5 Å². The van der Waals surface area contributed by atoms with Gasteiger partial charge in [0.25, 0.3) is 0 Å². The van der Waals surface area contributed by atoms with E-state index in [1.807, 2.05) is 74.5 Å². The highest BCUT2D eigenvalue weighted by Gasteiger charge is 2.17. The Morgan fingerprint density at radius 1 is 0.969 bits per heavy atom. The number of nitrogens with one attached hydrogen (secondary N) is 1. The molecule has 1 heterocycles. The van der Waals surface area contributed by atoms with Gasteiger partial charge in [-0.15, -0.1) is 11.8 Å². The number of rotatable bonds is 5. The molecule has 162 valence electrons. The molecule has 0 saturated heterocycles. The number of amides is 1. The molecule has 0 saturated carbocycles. The van der Waals surface area contributed by atoms with Gasteiger partial charge in [0.1, 0.15) is 5.75 Å². The second-order valence-corrected chi connectivity index (χ2v) is 8.72. The van der Waals surface area contributed by atoms with E-state index in [1.54, 1.807) is 7.11 Å². The first kappa shape index (κ1) is 21.8. The van der Waals surface area contributed by atoms with Gasteiger partial charge in [-0.2, -0.15) is 0 Å². The Balaban J connectivity index is 1.52. The Morgan fingerprint density at radius 2 is 1.62 bits per heavy atom. The molecule has 0 atom stereocenters. The number of hydrogen-bond donors (Lipinski definition) is 1. The summed E-state index contributed by atoms with van der Waals surface area (Å²) in [5.41, 5.74) is 6.63. The fraction of sp³-hybridized carbons (Fsp3) is 0.192. The molecule has 32 heavy (non-hydrogen) atoms. The van der Waals surface area contributed by atoms with E-state index in [-0.39, 0.29) is 11.7 Å². The number of fused-ring (bicyclic) bond motifs is 1. The molecule has 1 aliphatic heterocycles. The summed E-state index contributed by atoms with van der Waals surface area (Å²) in [6, 6.07) is 21.7. The summed E-state index contributed by atoms with van der Waals surface area (Å²) in [6.07, 6.45) is 0.558. The minimum atomic E-state index is -0.0526. The second-order valence-electron chi connectivity index (χ2n) is 7.67. The van der Waals surface area contributed by atoms with Gasteiger partial charge in [-0.25, -0.2) is 4.99 Å². The Hall–Kier alpha value is -3.38. The molecule has 4 rings (SSSR count). The molecule has 0 aromatic heterocycles. The maximum absolute atomic E-state index is 12.6. The Labute approximate surface area is 192 Å². The largest absolute Gasteiger partial charge is 0.497 e. The molecule has 3 aromatic carbocycles. The molecule has 0 fully saturated rings. The van der Waals surface area contributed by atoms with Crippen molar-refractivity contribution in [2.45, 2.75) is 20.3 Å². The van der Waals surface area contributed by atoms with Crippen LogP contribution in [0, 0.1) is 13.8 Å². The SMILES string of the molecule is COc1ccc(C2=Nc3ccccc3N=C(SCC(=O)Nc3cc(C)cc(C)c3)C2)cc1. The van der Waals surface area contributed by atoms with E-state index in [1.165, 1.54) is 11.8 Å². The number of aryl methyl sites for hydroxylation is 2. The quantitative estimate of drug-likeness (QED) is 0.508. The van der Waals surface area contributed by atoms with E-state index in [9.17, 15) is 4.79 Å². The van der Waals surface area contributed by atoms with E-state index in [0.717, 1.165) is 50.3 Å². The maximum atomic E-state index is 12.6. The average Bonchev–Trinajstić information content (AvgIpc) is 2.96. The Kier molecular flexibility index (Phi) is 6.71. The molecule has 3 aromatic rings. The number of ether oxygens (including phenoxy) is 1. The molecule has 5 nitrogen and oxygen atoms in total. The van der Waals surface area contributed by atoms with E-state index in [0.29, 0.717) is 6.42 Å². The molecule has 1 N–H and O–H groups in total. The summed E-state index contributed by atoms with van der Waals surface area (Å²) in [7, 11) is 1.65. The summed E-state index contributed by atoms with van der Waals surface area (Å²) >= 11 is 1.45. The number of methoxy groups -OCH3 is 1. The molecule has 1 aliphatic rings. The summed E-state index contributed by atoms with van der Waals surface area (Å²) in [5.74, 6) is 1.03. The van der Waals surface area contributed by atoms with Gasteiger partial charge in [-0.05, 0) is 79.1 Å². The minimum Gasteiger partial charge on any atom is -0.497 e. The van der Waals surface area contributed by atoms with Gasteiger partial charge < -0.3 is 10.1 Å². The molecule has 1 amide bonds. The summed E-state index contributed by atoms with van der Waals surface area (Å²) < 4.78 is 5.27. The van der Waals surface area contributed by atoms with Gasteiger partial charge in [0, 0.05) is 12.1 Å². The number of carbonyl (C=O) groups excluding carboxylic acids is 1. The maximum Gasteiger partial charge on any atom is 0.234 e. The Bertz CT molecular complexity index is 1180. The van der Waals surface area contributed by atoms with Crippen LogP contribution in [0.25, 0.3) is 0 Å². The number of nitrogens with zero attached hydrogens (tertiary/aromatic N) is 2. The zero-order valence-electron chi connectivity index (χ0n) is 18.4. The van der Waals surface area contributed by atoms with Crippen molar-refractivity contribution in [1.29, 1.82) is 0 Å². The number of carbonyl (C=O) groups is 1. The van der Waals surface area contributed by atoms with Crippen molar-refractivity contribution < 1.29 is 9.53 Å². The zero-order valence-corrected chi connectivity index (χ0v) is 19.2. The number of para-hydroxylation sites is 2. The second kappa shape index (κ2) is 9.83. The van der Waals surface area contributed by atoms with Gasteiger partial charge >= 0.3 is 0 Å². The number of aliphatic imine (C=N–C) groups is 2. The highest BCUT2D eigenvalue weighted by molar-refractivity contribution is 8.14. The van der Waals surface area contributed by atoms with E-state index in [4.69, 9.17) is 14.7 Å². The highest BCUT2D eigenvalue weighted by Crippen LogP contribution is 2.33. The summed E-state index contributed by atoms with van der Waals surface area (Å²) in [6.45, 7) is 4.05. The first-order valence-electron chi connectivity index (χ1n) is 10.4. The van der Waals surface area contributed by atoms with Gasteiger partial charge in [0.2, 0.25) is 5.91 Å². The normalized spacial score (nSPS) is 12.8. The molecule has 0 spiro atoms. The third kappa shape index (κ3) is 5.45. The smallest absolute Gasteiger partial charge is 0.234 e. The third-order valence-corrected chi connectivity index (χ3v) is 5.97. The van der Waals surface area contributed by atoms with Crippen LogP contribution in [0.2, 0.25) is 0 Å². The van der Waals surface area contributed by atoms with Crippen molar-refractivity contribution >= 4 is 45.5 Å². The van der Waals surface area contributed by atoms with Gasteiger partial charge in [0.15, 0.2) is 0 Å². The fourth-order valence-electron chi connectivity index (χ4n) is 3.58. The zero-order chi connectivity index (χ0) is 22.5. The lowest BCUT2D eigenvalue weighted by Gasteiger charge is -2.10. The van der Waals surface area contributed by atoms with Gasteiger partial charge in [0.05, 0.1) is 35.0 Å². The lowest BCUT2D eigenvalue weighted by molar-refractivity contribution is -0.113.